The molecule has 0 aliphatic carbocycles. The molecule has 2 aromatic heterocycles. The van der Waals surface area contributed by atoms with Crippen molar-refractivity contribution in [2.24, 2.45) is 5.73 Å². The molecule has 5 N–H and O–H groups in total. The van der Waals surface area contributed by atoms with E-state index in [4.69, 9.17) is 15.7 Å². The molecule has 0 saturated heterocycles. The first kappa shape index (κ1) is 21.6. The topological polar surface area (TPSA) is 110 Å². The van der Waals surface area contributed by atoms with Crippen molar-refractivity contribution in [3.63, 3.8) is 0 Å². The van der Waals surface area contributed by atoms with Gasteiger partial charge in [-0.25, -0.2) is 9.97 Å². The Morgan fingerprint density at radius 3 is 2.47 bits per heavy atom. The van der Waals surface area contributed by atoms with E-state index in [0.717, 1.165) is 41.9 Å². The predicted molar refractivity (Wildman–Crippen MR) is 122 cm³/mol. The van der Waals surface area contributed by atoms with Crippen LogP contribution >= 0.6 is 0 Å². The van der Waals surface area contributed by atoms with Crippen molar-refractivity contribution in [2.75, 3.05) is 24.2 Å². The molecule has 0 aliphatic heterocycles. The van der Waals surface area contributed by atoms with E-state index in [1.165, 1.54) is 0 Å². The lowest BCUT2D eigenvalue weighted by Crippen LogP contribution is -2.18. The molecule has 0 atom stereocenters. The molecule has 3 aromatic rings. The summed E-state index contributed by atoms with van der Waals surface area (Å²) in [4.78, 5) is 21.3. The van der Waals surface area contributed by atoms with Gasteiger partial charge in [0.1, 0.15) is 11.3 Å². The molecule has 0 aliphatic rings. The third-order valence-electron chi connectivity index (χ3n) is 5.15. The average Bonchev–Trinajstić information content (AvgIpc) is 3.12. The Bertz CT molecular complexity index is 977. The van der Waals surface area contributed by atoms with Crippen molar-refractivity contribution in [1.29, 1.82) is 0 Å². The van der Waals surface area contributed by atoms with Crippen molar-refractivity contribution in [3.05, 3.63) is 42.0 Å². The van der Waals surface area contributed by atoms with Crippen LogP contribution in [0.3, 0.4) is 0 Å². The van der Waals surface area contributed by atoms with Gasteiger partial charge in [0, 0.05) is 30.9 Å². The Hall–Kier alpha value is -3.13. The van der Waals surface area contributed by atoms with Crippen LogP contribution in [0.25, 0.3) is 11.2 Å². The number of nitrogens with two attached hydrogens (primary N) is 1. The highest BCUT2D eigenvalue weighted by molar-refractivity contribution is 5.94. The summed E-state index contributed by atoms with van der Waals surface area (Å²) in [5.74, 6) is 1.45. The number of carbonyl (C=O) groups is 1. The second kappa shape index (κ2) is 10.1. The summed E-state index contributed by atoms with van der Waals surface area (Å²) in [5.41, 5.74) is 8.86. The van der Waals surface area contributed by atoms with Gasteiger partial charge in [-0.05, 0) is 62.2 Å². The number of nitrogens with one attached hydrogen (secondary N) is 3. The minimum absolute atomic E-state index is 0.113. The fourth-order valence-corrected chi connectivity index (χ4v) is 3.32. The van der Waals surface area contributed by atoms with E-state index in [-0.39, 0.29) is 5.91 Å². The number of hydrogen-bond acceptors (Lipinski definition) is 6. The van der Waals surface area contributed by atoms with Crippen LogP contribution in [0.15, 0.2) is 36.4 Å². The minimum atomic E-state index is -0.113. The van der Waals surface area contributed by atoms with E-state index in [2.05, 4.69) is 34.4 Å². The molecule has 0 fully saturated rings. The standard InChI is InChI=1S/C22H31N7O/c1-4-16(5-2)25-19-12-11-18-20(28-19)29(14-6-13-23)22(27-18)26-17-9-7-15(8-10-17)21(30)24-3/h7-12,16H,4-6,13-14,23H2,1-3H3,(H,24,30)(H,25,28)(H,26,27). The Morgan fingerprint density at radius 2 is 1.83 bits per heavy atom. The minimum Gasteiger partial charge on any atom is -0.367 e. The molecule has 2 heterocycles. The number of benzene rings is 1. The molecule has 0 bridgehead atoms. The summed E-state index contributed by atoms with van der Waals surface area (Å²) in [6.07, 6.45) is 2.91. The molecular formula is C22H31N7O. The van der Waals surface area contributed by atoms with E-state index in [1.807, 2.05) is 24.3 Å². The van der Waals surface area contributed by atoms with Gasteiger partial charge < -0.3 is 21.7 Å². The van der Waals surface area contributed by atoms with Crippen molar-refractivity contribution in [1.82, 2.24) is 19.9 Å². The Kier molecular flexibility index (Phi) is 7.24. The first-order chi connectivity index (χ1) is 14.6. The summed E-state index contributed by atoms with van der Waals surface area (Å²) < 4.78 is 2.06. The van der Waals surface area contributed by atoms with Crippen LogP contribution in [0, 0.1) is 0 Å². The molecule has 0 spiro atoms. The molecular weight excluding hydrogens is 378 g/mol. The lowest BCUT2D eigenvalue weighted by molar-refractivity contribution is 0.0963. The number of aromatic nitrogens is 3. The third-order valence-corrected chi connectivity index (χ3v) is 5.15. The number of amides is 1. The van der Waals surface area contributed by atoms with Gasteiger partial charge in [-0.3, -0.25) is 9.36 Å². The number of pyridine rings is 1. The maximum Gasteiger partial charge on any atom is 0.251 e. The molecule has 1 aromatic carbocycles. The Morgan fingerprint density at radius 1 is 1.10 bits per heavy atom. The van der Waals surface area contributed by atoms with Crippen LogP contribution in [-0.4, -0.2) is 40.1 Å². The maximum absolute atomic E-state index is 11.8. The zero-order chi connectivity index (χ0) is 21.5. The van der Waals surface area contributed by atoms with Crippen LogP contribution in [0.2, 0.25) is 0 Å². The second-order valence-electron chi connectivity index (χ2n) is 7.21. The summed E-state index contributed by atoms with van der Waals surface area (Å²) in [6, 6.07) is 11.7. The number of carbonyl (C=O) groups excluding carboxylic acids is 1. The molecule has 8 nitrogen and oxygen atoms in total. The first-order valence-electron chi connectivity index (χ1n) is 10.5. The highest BCUT2D eigenvalue weighted by atomic mass is 16.1. The van der Waals surface area contributed by atoms with Crippen molar-refractivity contribution >= 4 is 34.5 Å². The Balaban J connectivity index is 1.91. The van der Waals surface area contributed by atoms with E-state index >= 15 is 0 Å². The van der Waals surface area contributed by atoms with E-state index < -0.39 is 0 Å². The number of hydrogen-bond donors (Lipinski definition) is 4. The van der Waals surface area contributed by atoms with Crippen molar-refractivity contribution in [3.8, 4) is 0 Å². The smallest absolute Gasteiger partial charge is 0.251 e. The predicted octanol–water partition coefficient (Wildman–Crippen LogP) is 3.48. The maximum atomic E-state index is 11.8. The zero-order valence-corrected chi connectivity index (χ0v) is 17.9. The molecule has 0 radical (unpaired) electrons. The normalized spacial score (nSPS) is 11.1. The SMILES string of the molecule is CCC(CC)Nc1ccc2nc(Nc3ccc(C(=O)NC)cc3)n(CCCN)c2n1. The van der Waals surface area contributed by atoms with Crippen LogP contribution in [-0.2, 0) is 6.54 Å². The molecule has 8 heteroatoms. The summed E-state index contributed by atoms with van der Waals surface area (Å²) in [6.45, 7) is 5.64. The van der Waals surface area contributed by atoms with Gasteiger partial charge in [-0.2, -0.15) is 0 Å². The molecule has 160 valence electrons. The van der Waals surface area contributed by atoms with E-state index in [0.29, 0.717) is 30.6 Å². The number of fused-ring (bicyclic) bond motifs is 1. The monoisotopic (exact) mass is 409 g/mol. The Labute approximate surface area is 177 Å². The van der Waals surface area contributed by atoms with Crippen molar-refractivity contribution in [2.45, 2.75) is 45.7 Å². The third kappa shape index (κ3) is 4.88. The average molecular weight is 410 g/mol. The number of nitrogens with zero attached hydrogens (tertiary/aromatic N) is 3. The fraction of sp³-hybridized carbons (Fsp3) is 0.409. The quantitative estimate of drug-likeness (QED) is 0.408. The summed E-state index contributed by atoms with van der Waals surface area (Å²) in [7, 11) is 1.62. The number of imidazole rings is 1. The van der Waals surface area contributed by atoms with Crippen LogP contribution in [0.5, 0.6) is 0 Å². The lowest BCUT2D eigenvalue weighted by Gasteiger charge is -2.15. The summed E-state index contributed by atoms with van der Waals surface area (Å²) >= 11 is 0. The van der Waals surface area contributed by atoms with E-state index in [9.17, 15) is 4.79 Å². The molecule has 3 rings (SSSR count). The van der Waals surface area contributed by atoms with Gasteiger partial charge in [0.2, 0.25) is 5.95 Å². The van der Waals surface area contributed by atoms with Gasteiger partial charge in [-0.1, -0.05) is 13.8 Å². The first-order valence-corrected chi connectivity index (χ1v) is 10.5. The van der Waals surface area contributed by atoms with Gasteiger partial charge >= 0.3 is 0 Å². The molecule has 0 saturated carbocycles. The van der Waals surface area contributed by atoms with Gasteiger partial charge in [0.15, 0.2) is 5.65 Å². The molecule has 1 amide bonds. The number of rotatable bonds is 10. The fourth-order valence-electron chi connectivity index (χ4n) is 3.32. The summed E-state index contributed by atoms with van der Waals surface area (Å²) in [5, 5.41) is 9.48. The number of anilines is 3. The zero-order valence-electron chi connectivity index (χ0n) is 17.9. The highest BCUT2D eigenvalue weighted by Gasteiger charge is 2.14. The largest absolute Gasteiger partial charge is 0.367 e. The molecule has 30 heavy (non-hydrogen) atoms. The van der Waals surface area contributed by atoms with Crippen LogP contribution in [0.4, 0.5) is 17.5 Å². The van der Waals surface area contributed by atoms with Gasteiger partial charge in [-0.15, -0.1) is 0 Å². The second-order valence-corrected chi connectivity index (χ2v) is 7.21. The van der Waals surface area contributed by atoms with Crippen LogP contribution in [0.1, 0.15) is 43.5 Å². The van der Waals surface area contributed by atoms with Gasteiger partial charge in [0.25, 0.3) is 5.91 Å². The lowest BCUT2D eigenvalue weighted by atomic mass is 10.2. The highest BCUT2D eigenvalue weighted by Crippen LogP contribution is 2.24. The van der Waals surface area contributed by atoms with Gasteiger partial charge in [0.05, 0.1) is 0 Å². The van der Waals surface area contributed by atoms with Crippen molar-refractivity contribution < 1.29 is 4.79 Å². The van der Waals surface area contributed by atoms with E-state index in [1.54, 1.807) is 19.2 Å². The molecule has 0 unspecified atom stereocenters. The van der Waals surface area contributed by atoms with Crippen LogP contribution < -0.4 is 21.7 Å². The number of aryl methyl sites for hydroxylation is 1.